The van der Waals surface area contributed by atoms with Crippen LogP contribution in [0.2, 0.25) is 0 Å². The van der Waals surface area contributed by atoms with Crippen LogP contribution in [0.5, 0.6) is 0 Å². The van der Waals surface area contributed by atoms with E-state index in [1.54, 1.807) is 13.2 Å². The van der Waals surface area contributed by atoms with E-state index in [1.165, 1.54) is 0 Å². The van der Waals surface area contributed by atoms with Gasteiger partial charge in [-0.25, -0.2) is 0 Å². The summed E-state index contributed by atoms with van der Waals surface area (Å²) in [5.41, 5.74) is 1.11. The van der Waals surface area contributed by atoms with Crippen molar-refractivity contribution in [1.82, 2.24) is 0 Å². The molecular formula is C20H28O6. The van der Waals surface area contributed by atoms with Crippen molar-refractivity contribution in [1.29, 1.82) is 0 Å². The average molecular weight is 364 g/mol. The lowest BCUT2D eigenvalue weighted by molar-refractivity contribution is -0.284. The van der Waals surface area contributed by atoms with Gasteiger partial charge in [-0.2, -0.15) is 0 Å². The van der Waals surface area contributed by atoms with Crippen molar-refractivity contribution >= 4 is 0 Å². The lowest BCUT2D eigenvalue weighted by atomic mass is 9.99. The first kappa shape index (κ1) is 19.5. The van der Waals surface area contributed by atoms with E-state index >= 15 is 0 Å². The molecule has 2 aliphatic heterocycles. The van der Waals surface area contributed by atoms with Crippen LogP contribution in [-0.2, 0) is 35.0 Å². The van der Waals surface area contributed by atoms with Gasteiger partial charge in [-0.3, -0.25) is 0 Å². The van der Waals surface area contributed by atoms with E-state index in [2.05, 4.69) is 6.58 Å². The van der Waals surface area contributed by atoms with Crippen molar-refractivity contribution < 1.29 is 28.4 Å². The van der Waals surface area contributed by atoms with E-state index in [4.69, 9.17) is 28.4 Å². The Labute approximate surface area is 155 Å². The van der Waals surface area contributed by atoms with Gasteiger partial charge >= 0.3 is 0 Å². The van der Waals surface area contributed by atoms with Gasteiger partial charge in [0.25, 0.3) is 0 Å². The zero-order valence-electron chi connectivity index (χ0n) is 15.6. The molecule has 1 aromatic carbocycles. The van der Waals surface area contributed by atoms with E-state index in [0.29, 0.717) is 19.8 Å². The summed E-state index contributed by atoms with van der Waals surface area (Å²) < 4.78 is 35.5. The predicted octanol–water partition coefficient (Wildman–Crippen LogP) is 2.67. The maximum absolute atomic E-state index is 6.09. The second-order valence-corrected chi connectivity index (χ2v) is 6.93. The maximum Gasteiger partial charge on any atom is 0.186 e. The third-order valence-corrected chi connectivity index (χ3v) is 4.46. The van der Waals surface area contributed by atoms with Gasteiger partial charge in [0.15, 0.2) is 12.1 Å². The highest BCUT2D eigenvalue weighted by Gasteiger charge is 2.56. The van der Waals surface area contributed by atoms with E-state index in [1.807, 2.05) is 44.2 Å². The Balaban J connectivity index is 1.66. The molecule has 0 N–H and O–H groups in total. The van der Waals surface area contributed by atoms with Gasteiger partial charge in [-0.1, -0.05) is 36.4 Å². The lowest BCUT2D eigenvalue weighted by Crippen LogP contribution is -2.58. The largest absolute Gasteiger partial charge is 0.374 e. The number of rotatable bonds is 8. The third kappa shape index (κ3) is 4.52. The Kier molecular flexibility index (Phi) is 6.45. The summed E-state index contributed by atoms with van der Waals surface area (Å²) >= 11 is 0. The molecule has 0 aliphatic carbocycles. The van der Waals surface area contributed by atoms with E-state index < -0.39 is 18.2 Å². The fourth-order valence-corrected chi connectivity index (χ4v) is 3.38. The second kappa shape index (κ2) is 8.61. The van der Waals surface area contributed by atoms with Crippen LogP contribution in [0, 0.1) is 0 Å². The van der Waals surface area contributed by atoms with Gasteiger partial charge in [0.1, 0.15) is 24.4 Å². The first-order valence-corrected chi connectivity index (χ1v) is 8.92. The Morgan fingerprint density at radius 3 is 2.58 bits per heavy atom. The van der Waals surface area contributed by atoms with Crippen LogP contribution < -0.4 is 0 Å². The smallest absolute Gasteiger partial charge is 0.186 e. The van der Waals surface area contributed by atoms with Crippen molar-refractivity contribution in [2.45, 2.75) is 56.9 Å². The SMILES string of the molecule is C=CCOC1C(OC)OC(COCc2ccccc2)C2OC(C)(C)OC21. The zero-order valence-corrected chi connectivity index (χ0v) is 15.6. The average Bonchev–Trinajstić information content (AvgIpc) is 2.96. The van der Waals surface area contributed by atoms with Crippen molar-refractivity contribution in [3.63, 3.8) is 0 Å². The Morgan fingerprint density at radius 2 is 1.88 bits per heavy atom. The number of ether oxygens (including phenoxy) is 6. The quantitative estimate of drug-likeness (QED) is 0.661. The van der Waals surface area contributed by atoms with Crippen LogP contribution in [0.25, 0.3) is 0 Å². The molecule has 0 radical (unpaired) electrons. The molecule has 5 atom stereocenters. The zero-order chi connectivity index (χ0) is 18.6. The van der Waals surface area contributed by atoms with E-state index in [9.17, 15) is 0 Å². The summed E-state index contributed by atoms with van der Waals surface area (Å²) in [6.07, 6.45) is -0.151. The van der Waals surface area contributed by atoms with Gasteiger partial charge in [0, 0.05) is 7.11 Å². The lowest BCUT2D eigenvalue weighted by Gasteiger charge is -2.41. The van der Waals surface area contributed by atoms with E-state index in [-0.39, 0.29) is 18.3 Å². The van der Waals surface area contributed by atoms with Gasteiger partial charge in [-0.15, -0.1) is 6.58 Å². The molecule has 2 heterocycles. The Hall–Kier alpha value is -1.28. The highest BCUT2D eigenvalue weighted by atomic mass is 16.8. The van der Waals surface area contributed by atoms with Gasteiger partial charge in [-0.05, 0) is 19.4 Å². The summed E-state index contributed by atoms with van der Waals surface area (Å²) in [6, 6.07) is 10.0. The predicted molar refractivity (Wildman–Crippen MR) is 95.5 cm³/mol. The highest BCUT2D eigenvalue weighted by Crippen LogP contribution is 2.39. The minimum absolute atomic E-state index is 0.290. The molecular weight excluding hydrogens is 336 g/mol. The molecule has 0 amide bonds. The standard InChI is InChI=1S/C20H28O6/c1-5-11-23-18-17-16(25-20(2,3)26-17)15(24-19(18)21-4)13-22-12-14-9-7-6-8-10-14/h5-10,15-19H,1,11-13H2,2-4H3. The van der Waals surface area contributed by atoms with Crippen molar-refractivity contribution in [2.24, 2.45) is 0 Å². The number of benzene rings is 1. The third-order valence-electron chi connectivity index (χ3n) is 4.46. The number of fused-ring (bicyclic) bond motifs is 1. The van der Waals surface area contributed by atoms with Crippen LogP contribution in [0.15, 0.2) is 43.0 Å². The number of methoxy groups -OCH3 is 1. The van der Waals surface area contributed by atoms with Crippen molar-refractivity contribution in [3.05, 3.63) is 48.6 Å². The normalized spacial score (nSPS) is 33.0. The molecule has 5 unspecified atom stereocenters. The molecule has 2 saturated heterocycles. The monoisotopic (exact) mass is 364 g/mol. The number of hydrogen-bond donors (Lipinski definition) is 0. The summed E-state index contributed by atoms with van der Waals surface area (Å²) in [7, 11) is 1.60. The van der Waals surface area contributed by atoms with Crippen LogP contribution >= 0.6 is 0 Å². The first-order chi connectivity index (χ1) is 12.5. The van der Waals surface area contributed by atoms with E-state index in [0.717, 1.165) is 5.56 Å². The minimum Gasteiger partial charge on any atom is -0.374 e. The molecule has 6 heteroatoms. The maximum atomic E-state index is 6.09. The Morgan fingerprint density at radius 1 is 1.15 bits per heavy atom. The van der Waals surface area contributed by atoms with Crippen molar-refractivity contribution in [2.75, 3.05) is 20.3 Å². The molecule has 6 nitrogen and oxygen atoms in total. The topological polar surface area (TPSA) is 55.4 Å². The first-order valence-electron chi connectivity index (χ1n) is 8.92. The van der Waals surface area contributed by atoms with Crippen LogP contribution in [0.3, 0.4) is 0 Å². The second-order valence-electron chi connectivity index (χ2n) is 6.93. The minimum atomic E-state index is -0.713. The summed E-state index contributed by atoms with van der Waals surface area (Å²) in [5, 5.41) is 0. The molecule has 0 aromatic heterocycles. The van der Waals surface area contributed by atoms with Crippen LogP contribution in [0.4, 0.5) is 0 Å². The molecule has 2 fully saturated rings. The van der Waals surface area contributed by atoms with Crippen molar-refractivity contribution in [3.8, 4) is 0 Å². The van der Waals surface area contributed by atoms with Gasteiger partial charge in [0.05, 0.1) is 19.8 Å². The summed E-state index contributed by atoms with van der Waals surface area (Å²) in [6.45, 7) is 8.75. The summed E-state index contributed by atoms with van der Waals surface area (Å²) in [4.78, 5) is 0. The Bertz CT molecular complexity index is 575. The molecule has 26 heavy (non-hydrogen) atoms. The molecule has 3 rings (SSSR count). The van der Waals surface area contributed by atoms with Gasteiger partial charge in [0.2, 0.25) is 0 Å². The van der Waals surface area contributed by atoms with Crippen LogP contribution in [0.1, 0.15) is 19.4 Å². The molecule has 0 spiro atoms. The molecule has 144 valence electrons. The molecule has 1 aromatic rings. The highest BCUT2D eigenvalue weighted by molar-refractivity contribution is 5.13. The molecule has 2 aliphatic rings. The fourth-order valence-electron chi connectivity index (χ4n) is 3.38. The van der Waals surface area contributed by atoms with Crippen LogP contribution in [-0.4, -0.2) is 56.8 Å². The number of hydrogen-bond acceptors (Lipinski definition) is 6. The molecule has 0 bridgehead atoms. The molecule has 0 saturated carbocycles. The fraction of sp³-hybridized carbons (Fsp3) is 0.600. The van der Waals surface area contributed by atoms with Gasteiger partial charge < -0.3 is 28.4 Å². The summed E-state index contributed by atoms with van der Waals surface area (Å²) in [5.74, 6) is -0.713.